The Bertz CT molecular complexity index is 836. The zero-order valence-corrected chi connectivity index (χ0v) is 15.3. The quantitative estimate of drug-likeness (QED) is 0.779. The number of anilines is 1. The Morgan fingerprint density at radius 3 is 2.77 bits per heavy atom. The summed E-state index contributed by atoms with van der Waals surface area (Å²) in [5.74, 6) is 0.181. The van der Waals surface area contributed by atoms with E-state index in [2.05, 4.69) is 15.3 Å². The number of aromatic hydroxyl groups is 2. The van der Waals surface area contributed by atoms with Gasteiger partial charge in [0.1, 0.15) is 11.5 Å². The summed E-state index contributed by atoms with van der Waals surface area (Å²) in [5, 5.41) is 23.2. The van der Waals surface area contributed by atoms with Crippen LogP contribution in [0.1, 0.15) is 53.9 Å². The number of fused-ring (bicyclic) bond motifs is 1. The maximum absolute atomic E-state index is 12.9. The van der Waals surface area contributed by atoms with Crippen molar-refractivity contribution in [1.29, 1.82) is 0 Å². The molecule has 0 saturated heterocycles. The second-order valence-electron chi connectivity index (χ2n) is 6.76. The molecule has 0 bridgehead atoms. The smallest absolute Gasteiger partial charge is 0.257 e. The number of nitrogens with one attached hydrogen (secondary N) is 1. The van der Waals surface area contributed by atoms with Crippen LogP contribution >= 0.6 is 0 Å². The number of nitrogens with zero attached hydrogens (tertiary/aromatic N) is 3. The van der Waals surface area contributed by atoms with Crippen LogP contribution in [-0.4, -0.2) is 44.1 Å². The summed E-state index contributed by atoms with van der Waals surface area (Å²) in [4.78, 5) is 23.4. The van der Waals surface area contributed by atoms with E-state index in [1.807, 2.05) is 20.8 Å². The molecule has 0 unspecified atom stereocenters. The highest BCUT2D eigenvalue weighted by Gasteiger charge is 2.26. The van der Waals surface area contributed by atoms with Crippen molar-refractivity contribution in [1.82, 2.24) is 14.9 Å². The van der Waals surface area contributed by atoms with E-state index in [9.17, 15) is 15.0 Å². The fourth-order valence-electron chi connectivity index (χ4n) is 3.13. The van der Waals surface area contributed by atoms with Crippen molar-refractivity contribution < 1.29 is 15.0 Å². The van der Waals surface area contributed by atoms with Crippen molar-refractivity contribution in [2.24, 2.45) is 0 Å². The van der Waals surface area contributed by atoms with Gasteiger partial charge >= 0.3 is 0 Å². The number of hydrogen-bond donors (Lipinski definition) is 3. The molecule has 7 nitrogen and oxygen atoms in total. The maximum Gasteiger partial charge on any atom is 0.257 e. The predicted octanol–water partition coefficient (Wildman–Crippen LogP) is 2.64. The van der Waals surface area contributed by atoms with Crippen LogP contribution in [0.5, 0.6) is 11.5 Å². The van der Waals surface area contributed by atoms with Gasteiger partial charge in [-0.15, -0.1) is 0 Å². The molecule has 0 aliphatic carbocycles. The van der Waals surface area contributed by atoms with Crippen LogP contribution in [0.15, 0.2) is 18.3 Å². The van der Waals surface area contributed by atoms with Crippen molar-refractivity contribution in [3.05, 3.63) is 40.7 Å². The number of carbonyl (C=O) groups is 1. The topological polar surface area (TPSA) is 98.6 Å². The van der Waals surface area contributed by atoms with Gasteiger partial charge < -0.3 is 20.4 Å². The summed E-state index contributed by atoms with van der Waals surface area (Å²) >= 11 is 0. The normalized spacial score (nSPS) is 13.6. The Hall–Kier alpha value is -2.83. The van der Waals surface area contributed by atoms with Gasteiger partial charge in [-0.25, -0.2) is 9.97 Å². The van der Waals surface area contributed by atoms with E-state index in [0.717, 1.165) is 17.8 Å². The Morgan fingerprint density at radius 1 is 1.31 bits per heavy atom. The number of benzene rings is 1. The van der Waals surface area contributed by atoms with Crippen molar-refractivity contribution in [3.63, 3.8) is 0 Å². The molecule has 3 rings (SSSR count). The van der Waals surface area contributed by atoms with Gasteiger partial charge in [-0.1, -0.05) is 13.8 Å². The van der Waals surface area contributed by atoms with Crippen LogP contribution < -0.4 is 5.32 Å². The summed E-state index contributed by atoms with van der Waals surface area (Å²) in [6, 6.07) is 2.82. The molecule has 1 aromatic carbocycles. The first-order chi connectivity index (χ1) is 12.4. The molecule has 7 heteroatoms. The number of phenols is 2. The third-order valence-corrected chi connectivity index (χ3v) is 4.55. The first-order valence-corrected chi connectivity index (χ1v) is 8.84. The first-order valence-electron chi connectivity index (χ1n) is 8.84. The average molecular weight is 356 g/mol. The number of amides is 1. The number of aromatic nitrogens is 2. The molecular weight excluding hydrogens is 332 g/mol. The van der Waals surface area contributed by atoms with Crippen LogP contribution in [0.3, 0.4) is 0 Å². The lowest BCUT2D eigenvalue weighted by molar-refractivity contribution is 0.0730. The molecule has 3 N–H and O–H groups in total. The van der Waals surface area contributed by atoms with Gasteiger partial charge in [0, 0.05) is 43.9 Å². The lowest BCUT2D eigenvalue weighted by Crippen LogP contribution is -2.36. The van der Waals surface area contributed by atoms with Gasteiger partial charge in [0.25, 0.3) is 5.91 Å². The Morgan fingerprint density at radius 2 is 2.08 bits per heavy atom. The van der Waals surface area contributed by atoms with Crippen molar-refractivity contribution in [3.8, 4) is 11.5 Å². The number of carbonyl (C=O) groups excluding carboxylic acids is 1. The number of phenolic OH excluding ortho intramolecular Hbond substituents is 2. The predicted molar refractivity (Wildman–Crippen MR) is 98.5 cm³/mol. The molecule has 1 aromatic heterocycles. The van der Waals surface area contributed by atoms with E-state index in [4.69, 9.17) is 0 Å². The van der Waals surface area contributed by atoms with Gasteiger partial charge in [0.2, 0.25) is 5.95 Å². The van der Waals surface area contributed by atoms with Crippen LogP contribution in [0, 0.1) is 0 Å². The minimum absolute atomic E-state index is 0.00222. The monoisotopic (exact) mass is 356 g/mol. The summed E-state index contributed by atoms with van der Waals surface area (Å²) in [6.07, 6.45) is 2.38. The lowest BCUT2D eigenvalue weighted by atomic mass is 9.97. The molecule has 2 heterocycles. The molecule has 138 valence electrons. The molecule has 0 radical (unpaired) electrons. The van der Waals surface area contributed by atoms with Crippen LogP contribution in [0.25, 0.3) is 0 Å². The minimum atomic E-state index is -0.259. The zero-order chi connectivity index (χ0) is 18.8. The van der Waals surface area contributed by atoms with Gasteiger partial charge in [-0.3, -0.25) is 4.79 Å². The van der Waals surface area contributed by atoms with Gasteiger partial charge in [-0.2, -0.15) is 0 Å². The van der Waals surface area contributed by atoms with E-state index in [-0.39, 0.29) is 28.9 Å². The minimum Gasteiger partial charge on any atom is -0.508 e. The van der Waals surface area contributed by atoms with Crippen molar-refractivity contribution >= 4 is 11.9 Å². The average Bonchev–Trinajstić information content (AvgIpc) is 2.60. The van der Waals surface area contributed by atoms with Crippen LogP contribution in [0.4, 0.5) is 5.95 Å². The molecule has 1 amide bonds. The molecule has 1 aliphatic heterocycles. The van der Waals surface area contributed by atoms with Gasteiger partial charge in [0.05, 0.1) is 11.3 Å². The van der Waals surface area contributed by atoms with Crippen molar-refractivity contribution in [2.75, 3.05) is 18.4 Å². The maximum atomic E-state index is 12.9. The van der Waals surface area contributed by atoms with E-state index < -0.39 is 0 Å². The highest BCUT2D eigenvalue weighted by Crippen LogP contribution is 2.33. The van der Waals surface area contributed by atoms with E-state index in [0.29, 0.717) is 31.0 Å². The second-order valence-corrected chi connectivity index (χ2v) is 6.76. The molecule has 0 atom stereocenters. The summed E-state index contributed by atoms with van der Waals surface area (Å²) in [5.41, 5.74) is 2.70. The fraction of sp³-hybridized carbons (Fsp3) is 0.421. The standard InChI is InChI=1S/C19H24N4O3/c1-4-20-19-21-9-12-10-23(6-5-15(12)22-19)18(26)14-7-13(11(2)3)16(24)8-17(14)25/h7-9,11,24-25H,4-6,10H2,1-3H3,(H,20,21,22). The Balaban J connectivity index is 1.85. The van der Waals surface area contributed by atoms with Gasteiger partial charge in [0.15, 0.2) is 0 Å². The summed E-state index contributed by atoms with van der Waals surface area (Å²) in [7, 11) is 0. The second kappa shape index (κ2) is 7.19. The molecule has 1 aliphatic rings. The molecule has 0 saturated carbocycles. The number of hydrogen-bond acceptors (Lipinski definition) is 6. The zero-order valence-electron chi connectivity index (χ0n) is 15.3. The number of rotatable bonds is 4. The molecule has 0 fully saturated rings. The molecular formula is C19H24N4O3. The Labute approximate surface area is 152 Å². The molecule has 2 aromatic rings. The van der Waals surface area contributed by atoms with Crippen LogP contribution in [0.2, 0.25) is 0 Å². The summed E-state index contributed by atoms with van der Waals surface area (Å²) < 4.78 is 0. The van der Waals surface area contributed by atoms with E-state index in [1.165, 1.54) is 6.07 Å². The highest BCUT2D eigenvalue weighted by molar-refractivity contribution is 5.97. The Kier molecular flexibility index (Phi) is 4.97. The largest absolute Gasteiger partial charge is 0.508 e. The van der Waals surface area contributed by atoms with E-state index in [1.54, 1.807) is 17.2 Å². The third kappa shape index (κ3) is 3.42. The SMILES string of the molecule is CCNc1ncc2c(n1)CCN(C(=O)c1cc(C(C)C)c(O)cc1O)C2. The summed E-state index contributed by atoms with van der Waals surface area (Å²) in [6.45, 7) is 7.51. The fourth-order valence-corrected chi connectivity index (χ4v) is 3.13. The van der Waals surface area contributed by atoms with Crippen molar-refractivity contribution in [2.45, 2.75) is 39.7 Å². The molecule has 0 spiro atoms. The molecule has 26 heavy (non-hydrogen) atoms. The first kappa shape index (κ1) is 18.0. The lowest BCUT2D eigenvalue weighted by Gasteiger charge is -2.28. The van der Waals surface area contributed by atoms with E-state index >= 15 is 0 Å². The van der Waals surface area contributed by atoms with Gasteiger partial charge in [-0.05, 0) is 24.5 Å². The third-order valence-electron chi connectivity index (χ3n) is 4.55. The highest BCUT2D eigenvalue weighted by atomic mass is 16.3. The van der Waals surface area contributed by atoms with Crippen LogP contribution in [-0.2, 0) is 13.0 Å².